The Labute approximate surface area is 215 Å². The van der Waals surface area contributed by atoms with Crippen molar-refractivity contribution < 1.29 is 47.6 Å². The van der Waals surface area contributed by atoms with Gasteiger partial charge in [-0.2, -0.15) is 0 Å². The minimum atomic E-state index is -4.33. The van der Waals surface area contributed by atoms with Gasteiger partial charge in [-0.1, -0.05) is 36.4 Å². The van der Waals surface area contributed by atoms with Crippen LogP contribution < -0.4 is 34.9 Å². The Balaban J connectivity index is 0.00000259. The van der Waals surface area contributed by atoms with E-state index < -0.39 is 16.2 Å². The van der Waals surface area contributed by atoms with Crippen molar-refractivity contribution in [3.05, 3.63) is 93.0 Å². The monoisotopic (exact) mass is 471 g/mol. The average Bonchev–Trinajstić information content (AvgIpc) is 3.53. The molecule has 1 aromatic heterocycles. The molecule has 0 radical (unpaired) electrons. The van der Waals surface area contributed by atoms with Crippen LogP contribution in [0.15, 0.2) is 54.9 Å². The first-order valence-electron chi connectivity index (χ1n) is 10.7. The fourth-order valence-corrected chi connectivity index (χ4v) is 5.47. The zero-order valence-electron chi connectivity index (χ0n) is 18.4. The molecule has 1 N–H and O–H groups in total. The van der Waals surface area contributed by atoms with Crippen LogP contribution in [0, 0.1) is 0 Å². The van der Waals surface area contributed by atoms with Crippen LogP contribution in [-0.4, -0.2) is 24.2 Å². The van der Waals surface area contributed by atoms with E-state index in [1.807, 2.05) is 0 Å². The van der Waals surface area contributed by atoms with E-state index in [4.69, 9.17) is 0 Å². The molecule has 9 heteroatoms. The summed E-state index contributed by atoms with van der Waals surface area (Å²) in [5, 5.41) is 2.76. The number of rotatable bonds is 5. The predicted octanol–water partition coefficient (Wildman–Crippen LogP) is 1.40. The molecule has 164 valence electrons. The normalized spacial score (nSPS) is 14.2. The van der Waals surface area contributed by atoms with Crippen molar-refractivity contribution in [2.45, 2.75) is 38.5 Å². The molecule has 2 aliphatic carbocycles. The number of nitrogens with zero attached hydrogens (tertiary/aromatic N) is 2. The number of ketones is 1. The molecule has 5 rings (SSSR count). The van der Waals surface area contributed by atoms with Gasteiger partial charge in [0.25, 0.3) is 10.2 Å². The minimum Gasteiger partial charge on any atom is -0.423 e. The Bertz CT molecular complexity index is 1300. The molecule has 7 nitrogen and oxygen atoms in total. The fraction of sp³-hybridized carbons (Fsp3) is 0.250. The van der Waals surface area contributed by atoms with Crippen molar-refractivity contribution >= 4 is 27.7 Å². The van der Waals surface area contributed by atoms with E-state index in [0.717, 1.165) is 59.3 Å². The number of anilines is 1. The molecule has 0 unspecified atom stereocenters. The standard InChI is InChI=1S/C24H23N3O4S.Na/c28-23(16-6-2-1-3-7-16)19-12-13-27(15-19)32(30,31)26-24(29)25-22-20-10-4-8-17(20)14-18-9-5-11-21(18)22;/h1-3,6-7,12-15H,4-5,8-11H2,(H2,25,26,29);/q;+1/p-1. The average molecular weight is 472 g/mol. The van der Waals surface area contributed by atoms with Gasteiger partial charge in [-0.25, -0.2) is 12.4 Å². The zero-order valence-corrected chi connectivity index (χ0v) is 21.2. The summed E-state index contributed by atoms with van der Waals surface area (Å²) < 4.78 is 29.6. The van der Waals surface area contributed by atoms with Crippen LogP contribution >= 0.6 is 0 Å². The van der Waals surface area contributed by atoms with Crippen molar-refractivity contribution in [2.24, 2.45) is 0 Å². The smallest absolute Gasteiger partial charge is 0.423 e. The molecule has 1 heterocycles. The van der Waals surface area contributed by atoms with Gasteiger partial charge < -0.3 is 10.0 Å². The van der Waals surface area contributed by atoms with Crippen molar-refractivity contribution in [3.63, 3.8) is 0 Å². The molecule has 0 aliphatic heterocycles. The first kappa shape index (κ1) is 23.8. The Morgan fingerprint density at radius 1 is 0.879 bits per heavy atom. The van der Waals surface area contributed by atoms with Crippen LogP contribution in [0.1, 0.15) is 51.0 Å². The van der Waals surface area contributed by atoms with Gasteiger partial charge in [0.2, 0.25) is 0 Å². The second-order valence-corrected chi connectivity index (χ2v) is 9.66. The Hall–Kier alpha value is -2.39. The summed E-state index contributed by atoms with van der Waals surface area (Å²) in [5.41, 5.74) is 6.06. The molecule has 0 saturated heterocycles. The van der Waals surface area contributed by atoms with Crippen LogP contribution in [0.5, 0.6) is 0 Å². The molecule has 0 atom stereocenters. The van der Waals surface area contributed by atoms with Gasteiger partial charge in [0, 0.05) is 23.5 Å². The maximum absolute atomic E-state index is 12.7. The molecule has 2 aromatic carbocycles. The molecular weight excluding hydrogens is 449 g/mol. The number of carbonyl (C=O) groups is 2. The first-order chi connectivity index (χ1) is 15.4. The largest absolute Gasteiger partial charge is 1.00 e. The number of amides is 2. The second-order valence-electron chi connectivity index (χ2n) is 8.16. The van der Waals surface area contributed by atoms with Gasteiger partial charge in [0.1, 0.15) is 0 Å². The van der Waals surface area contributed by atoms with Crippen LogP contribution in [0.3, 0.4) is 0 Å². The van der Waals surface area contributed by atoms with Gasteiger partial charge in [-0.3, -0.25) is 9.59 Å². The van der Waals surface area contributed by atoms with E-state index in [0.29, 0.717) is 5.56 Å². The van der Waals surface area contributed by atoms with Gasteiger partial charge >= 0.3 is 29.6 Å². The topological polar surface area (TPSA) is 99.3 Å². The number of aryl methyl sites for hydroxylation is 2. The SMILES string of the molecule is O=C([N-]S(=O)(=O)n1ccc(C(=O)c2ccccc2)c1)Nc1c2c(cc3c1CCC3)CCC2.[Na+]. The summed E-state index contributed by atoms with van der Waals surface area (Å²) in [6.07, 6.45) is 8.14. The molecule has 0 saturated carbocycles. The summed E-state index contributed by atoms with van der Waals surface area (Å²) in [5.74, 6) is -0.306. The summed E-state index contributed by atoms with van der Waals surface area (Å²) in [7, 11) is -4.33. The number of benzene rings is 2. The third-order valence-electron chi connectivity index (χ3n) is 6.14. The first-order valence-corrected chi connectivity index (χ1v) is 12.1. The van der Waals surface area contributed by atoms with Crippen molar-refractivity contribution in [1.82, 2.24) is 3.97 Å². The Kier molecular flexibility index (Phi) is 6.81. The van der Waals surface area contributed by atoms with Crippen LogP contribution in [-0.2, 0) is 35.9 Å². The minimum absolute atomic E-state index is 0. The van der Waals surface area contributed by atoms with Crippen LogP contribution in [0.2, 0.25) is 0 Å². The van der Waals surface area contributed by atoms with Crippen molar-refractivity contribution in [1.29, 1.82) is 0 Å². The zero-order chi connectivity index (χ0) is 22.3. The maximum atomic E-state index is 12.7. The second kappa shape index (κ2) is 9.46. The van der Waals surface area contributed by atoms with E-state index in [1.165, 1.54) is 29.6 Å². The van der Waals surface area contributed by atoms with Crippen molar-refractivity contribution in [2.75, 3.05) is 5.32 Å². The molecule has 2 aliphatic rings. The van der Waals surface area contributed by atoms with E-state index >= 15 is 0 Å². The Morgan fingerprint density at radius 2 is 1.52 bits per heavy atom. The van der Waals surface area contributed by atoms with Gasteiger partial charge in [-0.05, 0) is 72.5 Å². The summed E-state index contributed by atoms with van der Waals surface area (Å²) >= 11 is 0. The third-order valence-corrected chi connectivity index (χ3v) is 7.29. The van der Waals surface area contributed by atoms with Gasteiger partial charge in [0.15, 0.2) is 11.8 Å². The number of aromatic nitrogens is 1. The number of urea groups is 1. The Morgan fingerprint density at radius 3 is 2.15 bits per heavy atom. The van der Waals surface area contributed by atoms with E-state index in [-0.39, 0.29) is 40.9 Å². The molecule has 0 bridgehead atoms. The predicted molar refractivity (Wildman–Crippen MR) is 121 cm³/mol. The molecule has 33 heavy (non-hydrogen) atoms. The number of carbonyl (C=O) groups excluding carboxylic acids is 2. The number of fused-ring (bicyclic) bond motifs is 2. The van der Waals surface area contributed by atoms with Crippen LogP contribution in [0.25, 0.3) is 4.72 Å². The molecular formula is C24H22N3NaO4S. The molecule has 0 fully saturated rings. The van der Waals surface area contributed by atoms with Crippen molar-refractivity contribution in [3.8, 4) is 0 Å². The van der Waals surface area contributed by atoms with Crippen LogP contribution in [0.4, 0.5) is 10.5 Å². The molecule has 3 aromatic rings. The summed E-state index contributed by atoms with van der Waals surface area (Å²) in [4.78, 5) is 25.2. The fourth-order valence-electron chi connectivity index (χ4n) is 4.66. The molecule has 2 amide bonds. The number of hydrogen-bond acceptors (Lipinski definition) is 4. The number of nitrogens with one attached hydrogen (secondary N) is 1. The number of hydrogen-bond donors (Lipinski definition) is 1. The quantitative estimate of drug-likeness (QED) is 0.449. The van der Waals surface area contributed by atoms with E-state index in [1.54, 1.807) is 30.3 Å². The van der Waals surface area contributed by atoms with E-state index in [9.17, 15) is 18.0 Å². The summed E-state index contributed by atoms with van der Waals surface area (Å²) in [6, 6.07) is 11.3. The summed E-state index contributed by atoms with van der Waals surface area (Å²) in [6.45, 7) is 0. The van der Waals surface area contributed by atoms with Gasteiger partial charge in [-0.15, -0.1) is 0 Å². The van der Waals surface area contributed by atoms with E-state index in [2.05, 4.69) is 16.1 Å². The maximum Gasteiger partial charge on any atom is 1.00 e. The molecule has 0 spiro atoms. The third kappa shape index (κ3) is 4.66. The van der Waals surface area contributed by atoms with Gasteiger partial charge in [0.05, 0.1) is 0 Å².